The summed E-state index contributed by atoms with van der Waals surface area (Å²) in [7, 11) is 2.15. The van der Waals surface area contributed by atoms with E-state index in [4.69, 9.17) is 16.4 Å². The molecule has 4 N–H and O–H groups in total. The molecular weight excluding hydrogens is 290 g/mol. The van der Waals surface area contributed by atoms with Crippen LogP contribution in [0.5, 0.6) is 0 Å². The van der Waals surface area contributed by atoms with Crippen LogP contribution in [0, 0.1) is 16.7 Å². The molecule has 2 saturated heterocycles. The summed E-state index contributed by atoms with van der Waals surface area (Å²) in [6, 6.07) is 7.82. The maximum Gasteiger partial charge on any atom is 0.270 e. The zero-order valence-electron chi connectivity index (χ0n) is 13.2. The van der Waals surface area contributed by atoms with Crippen molar-refractivity contribution in [3.05, 3.63) is 29.3 Å². The van der Waals surface area contributed by atoms with Crippen LogP contribution in [-0.4, -0.2) is 41.7 Å². The van der Waals surface area contributed by atoms with Crippen LogP contribution in [0.4, 0.5) is 5.69 Å². The fourth-order valence-electron chi connectivity index (χ4n) is 3.77. The molecule has 1 aromatic rings. The predicted molar refractivity (Wildman–Crippen MR) is 88.1 cm³/mol. The first-order valence-corrected chi connectivity index (χ1v) is 7.91. The lowest BCUT2D eigenvalue weighted by Crippen LogP contribution is -2.50. The number of carbonyl (C=O) groups is 1. The molecule has 0 radical (unpaired) electrons. The summed E-state index contributed by atoms with van der Waals surface area (Å²) in [4.78, 5) is 14.8. The minimum absolute atomic E-state index is 0.121. The number of anilines is 1. The number of nitrogens with zero attached hydrogens (tertiary/aromatic N) is 2. The number of hydrogen-bond donors (Lipinski definition) is 3. The first-order valence-electron chi connectivity index (χ1n) is 7.91. The second kappa shape index (κ2) is 6.01. The van der Waals surface area contributed by atoms with Gasteiger partial charge in [-0.3, -0.25) is 10.2 Å². The van der Waals surface area contributed by atoms with E-state index >= 15 is 0 Å². The van der Waals surface area contributed by atoms with Crippen LogP contribution in [0.15, 0.2) is 18.2 Å². The van der Waals surface area contributed by atoms with Crippen molar-refractivity contribution in [3.63, 3.8) is 0 Å². The molecular formula is C17H21N5O. The van der Waals surface area contributed by atoms with Gasteiger partial charge >= 0.3 is 0 Å². The highest BCUT2D eigenvalue weighted by Crippen LogP contribution is 2.34. The Morgan fingerprint density at radius 2 is 2.04 bits per heavy atom. The molecule has 120 valence electrons. The molecule has 2 bridgehead atoms. The van der Waals surface area contributed by atoms with E-state index in [1.165, 1.54) is 18.9 Å². The topological polar surface area (TPSA) is 106 Å². The Hall–Kier alpha value is -2.39. The zero-order chi connectivity index (χ0) is 16.6. The highest BCUT2D eigenvalue weighted by molar-refractivity contribution is 6.45. The van der Waals surface area contributed by atoms with Crippen molar-refractivity contribution < 1.29 is 4.79 Å². The number of piperidine rings is 1. The third-order valence-electron chi connectivity index (χ3n) is 5.11. The molecule has 0 spiro atoms. The largest absolute Gasteiger partial charge is 0.398 e. The summed E-state index contributed by atoms with van der Waals surface area (Å²) >= 11 is 0. The van der Waals surface area contributed by atoms with Gasteiger partial charge in [-0.2, -0.15) is 5.26 Å². The van der Waals surface area contributed by atoms with E-state index in [1.54, 1.807) is 12.1 Å². The van der Waals surface area contributed by atoms with Gasteiger partial charge in [0.2, 0.25) is 0 Å². The van der Waals surface area contributed by atoms with Crippen molar-refractivity contribution in [1.29, 1.82) is 10.7 Å². The molecule has 0 aliphatic carbocycles. The van der Waals surface area contributed by atoms with Crippen LogP contribution in [0.2, 0.25) is 0 Å². The first kappa shape index (κ1) is 15.5. The van der Waals surface area contributed by atoms with Crippen molar-refractivity contribution in [3.8, 4) is 6.07 Å². The number of benzene rings is 1. The lowest BCUT2D eigenvalue weighted by Gasteiger charge is -2.36. The monoisotopic (exact) mass is 311 g/mol. The maximum absolute atomic E-state index is 12.4. The number of carbonyl (C=O) groups excluding carboxylic acids is 1. The van der Waals surface area contributed by atoms with Crippen LogP contribution >= 0.6 is 0 Å². The molecule has 6 nitrogen and oxygen atoms in total. The van der Waals surface area contributed by atoms with E-state index in [1.807, 2.05) is 6.07 Å². The van der Waals surface area contributed by atoms with Crippen molar-refractivity contribution in [2.75, 3.05) is 12.8 Å². The summed E-state index contributed by atoms with van der Waals surface area (Å²) in [6.45, 7) is 0. The molecule has 0 aromatic heterocycles. The normalized spacial score (nSPS) is 26.5. The van der Waals surface area contributed by atoms with Gasteiger partial charge in [0.05, 0.1) is 11.6 Å². The Morgan fingerprint density at radius 1 is 1.39 bits per heavy atom. The van der Waals surface area contributed by atoms with Gasteiger partial charge in [0.25, 0.3) is 5.91 Å². The predicted octanol–water partition coefficient (Wildman–Crippen LogP) is 1.25. The van der Waals surface area contributed by atoms with E-state index in [0.717, 1.165) is 12.8 Å². The average molecular weight is 311 g/mol. The van der Waals surface area contributed by atoms with Crippen molar-refractivity contribution in [2.24, 2.45) is 0 Å². The molecule has 1 amide bonds. The Kier molecular flexibility index (Phi) is 4.05. The van der Waals surface area contributed by atoms with Crippen LogP contribution in [0.1, 0.15) is 36.8 Å². The summed E-state index contributed by atoms with van der Waals surface area (Å²) in [5.74, 6) is -0.393. The second-order valence-electron chi connectivity index (χ2n) is 6.48. The highest BCUT2D eigenvalue weighted by atomic mass is 16.1. The Bertz CT molecular complexity index is 679. The molecule has 2 aliphatic heterocycles. The number of nitrogens with two attached hydrogens (primary N) is 1. The van der Waals surface area contributed by atoms with Gasteiger partial charge in [0.15, 0.2) is 0 Å². The average Bonchev–Trinajstić information content (AvgIpc) is 2.75. The van der Waals surface area contributed by atoms with Crippen LogP contribution in [0.25, 0.3) is 0 Å². The van der Waals surface area contributed by atoms with Gasteiger partial charge in [0.1, 0.15) is 5.71 Å². The molecule has 2 heterocycles. The molecule has 3 rings (SSSR count). The molecule has 0 saturated carbocycles. The number of nitriles is 1. The Labute approximate surface area is 135 Å². The number of nitrogens with one attached hydrogen (secondary N) is 2. The first-order chi connectivity index (χ1) is 11.0. The van der Waals surface area contributed by atoms with E-state index in [9.17, 15) is 4.79 Å². The van der Waals surface area contributed by atoms with Crippen LogP contribution in [0.3, 0.4) is 0 Å². The highest BCUT2D eigenvalue weighted by Gasteiger charge is 2.39. The third-order valence-corrected chi connectivity index (χ3v) is 5.11. The van der Waals surface area contributed by atoms with Gasteiger partial charge in [0, 0.05) is 29.4 Å². The quantitative estimate of drug-likeness (QED) is 0.577. The minimum Gasteiger partial charge on any atom is -0.398 e. The number of nitrogen functional groups attached to an aromatic ring is 1. The molecule has 2 fully saturated rings. The Morgan fingerprint density at radius 3 is 2.61 bits per heavy atom. The van der Waals surface area contributed by atoms with Crippen molar-refractivity contribution in [1.82, 2.24) is 10.2 Å². The van der Waals surface area contributed by atoms with Gasteiger partial charge in [-0.1, -0.05) is 0 Å². The number of rotatable bonds is 3. The fraction of sp³-hybridized carbons (Fsp3) is 0.471. The van der Waals surface area contributed by atoms with E-state index in [2.05, 4.69) is 17.3 Å². The van der Waals surface area contributed by atoms with Crippen molar-refractivity contribution in [2.45, 2.75) is 43.8 Å². The zero-order valence-corrected chi connectivity index (χ0v) is 13.2. The van der Waals surface area contributed by atoms with Gasteiger partial charge < -0.3 is 16.0 Å². The third kappa shape index (κ3) is 2.92. The summed E-state index contributed by atoms with van der Waals surface area (Å²) < 4.78 is 0. The minimum atomic E-state index is -0.393. The number of hydrogen-bond acceptors (Lipinski definition) is 5. The SMILES string of the molecule is CN1C2CCC1CC(NC(=O)C(=N)c1ccc(C#N)cc1N)C2. The molecule has 23 heavy (non-hydrogen) atoms. The van der Waals surface area contributed by atoms with Gasteiger partial charge in [-0.25, -0.2) is 0 Å². The lowest BCUT2D eigenvalue weighted by molar-refractivity contribution is -0.115. The van der Waals surface area contributed by atoms with Crippen LogP contribution in [-0.2, 0) is 4.79 Å². The van der Waals surface area contributed by atoms with Gasteiger partial charge in [-0.05, 0) is 50.9 Å². The fourth-order valence-corrected chi connectivity index (χ4v) is 3.77. The molecule has 2 atom stereocenters. The maximum atomic E-state index is 12.4. The van der Waals surface area contributed by atoms with Gasteiger partial charge in [-0.15, -0.1) is 0 Å². The summed E-state index contributed by atoms with van der Waals surface area (Å²) in [5, 5.41) is 19.9. The number of amides is 1. The van der Waals surface area contributed by atoms with E-state index in [-0.39, 0.29) is 17.4 Å². The molecule has 1 aromatic carbocycles. The van der Waals surface area contributed by atoms with E-state index in [0.29, 0.717) is 23.2 Å². The molecule has 2 aliphatic rings. The number of fused-ring (bicyclic) bond motifs is 2. The smallest absolute Gasteiger partial charge is 0.270 e. The summed E-state index contributed by atoms with van der Waals surface area (Å²) in [6.07, 6.45) is 4.25. The summed E-state index contributed by atoms with van der Waals surface area (Å²) in [5.41, 5.74) is 6.80. The molecule has 2 unspecified atom stereocenters. The standard InChI is InChI=1S/C17H21N5O/c1-22-12-3-4-13(22)8-11(7-12)21-17(23)16(20)14-5-2-10(9-18)6-15(14)19/h2,5-6,11-13,20H,3-4,7-8,19H2,1H3,(H,21,23). The van der Waals surface area contributed by atoms with Crippen LogP contribution < -0.4 is 11.1 Å². The second-order valence-corrected chi connectivity index (χ2v) is 6.48. The van der Waals surface area contributed by atoms with E-state index < -0.39 is 5.91 Å². The van der Waals surface area contributed by atoms with Crippen molar-refractivity contribution >= 4 is 17.3 Å². The molecule has 6 heteroatoms. The lowest BCUT2D eigenvalue weighted by atomic mass is 9.97. The Balaban J connectivity index is 1.67.